The minimum absolute atomic E-state index is 0.0563. The molecule has 0 N–H and O–H groups in total. The van der Waals surface area contributed by atoms with Gasteiger partial charge in [0.15, 0.2) is 0 Å². The standard InChI is InChI=1S/C20H20F3N3O/c1-13(27)26(19(2,3)4)18-17(24-16-11-7-8-12-25(16)18)14-9-5-6-10-15(14)20(21,22)23/h5-12H,1-4H3. The zero-order valence-corrected chi connectivity index (χ0v) is 15.5. The fraction of sp³-hybridized carbons (Fsp3) is 0.300. The van der Waals surface area contributed by atoms with Crippen molar-refractivity contribution < 1.29 is 18.0 Å². The largest absolute Gasteiger partial charge is 0.417 e. The summed E-state index contributed by atoms with van der Waals surface area (Å²) in [4.78, 5) is 18.4. The van der Waals surface area contributed by atoms with Crippen LogP contribution in [0.4, 0.5) is 19.0 Å². The molecule has 0 aliphatic heterocycles. The first kappa shape index (κ1) is 18.9. The number of hydrogen-bond acceptors (Lipinski definition) is 2. The van der Waals surface area contributed by atoms with Gasteiger partial charge in [-0.3, -0.25) is 14.1 Å². The van der Waals surface area contributed by atoms with E-state index in [4.69, 9.17) is 0 Å². The summed E-state index contributed by atoms with van der Waals surface area (Å²) in [6.07, 6.45) is -2.84. The summed E-state index contributed by atoms with van der Waals surface area (Å²) in [7, 11) is 0. The second-order valence-corrected chi connectivity index (χ2v) is 7.28. The Morgan fingerprint density at radius 1 is 1.04 bits per heavy atom. The Hall–Kier alpha value is -2.83. The number of nitrogens with zero attached hydrogens (tertiary/aromatic N) is 3. The molecule has 1 aromatic carbocycles. The lowest BCUT2D eigenvalue weighted by atomic mass is 10.0. The van der Waals surface area contributed by atoms with Crippen molar-refractivity contribution in [2.45, 2.75) is 39.4 Å². The number of amides is 1. The maximum absolute atomic E-state index is 13.6. The summed E-state index contributed by atoms with van der Waals surface area (Å²) in [5.74, 6) is 0.0428. The summed E-state index contributed by atoms with van der Waals surface area (Å²) < 4.78 is 42.4. The van der Waals surface area contributed by atoms with E-state index in [9.17, 15) is 18.0 Å². The van der Waals surface area contributed by atoms with E-state index in [0.29, 0.717) is 11.5 Å². The molecule has 0 saturated carbocycles. The molecular weight excluding hydrogens is 355 g/mol. The van der Waals surface area contributed by atoms with Crippen molar-refractivity contribution in [2.75, 3.05) is 4.90 Å². The fourth-order valence-electron chi connectivity index (χ4n) is 3.25. The number of carbonyl (C=O) groups excluding carboxylic acids is 1. The number of hydrogen-bond donors (Lipinski definition) is 0. The molecule has 0 saturated heterocycles. The zero-order chi connectivity index (χ0) is 20.0. The zero-order valence-electron chi connectivity index (χ0n) is 15.5. The summed E-state index contributed by atoms with van der Waals surface area (Å²) in [5.41, 5.74) is -0.903. The van der Waals surface area contributed by atoms with E-state index in [-0.39, 0.29) is 17.2 Å². The van der Waals surface area contributed by atoms with Gasteiger partial charge >= 0.3 is 6.18 Å². The highest BCUT2D eigenvalue weighted by Gasteiger charge is 2.37. The minimum Gasteiger partial charge on any atom is -0.291 e. The van der Waals surface area contributed by atoms with Crippen LogP contribution in [-0.4, -0.2) is 20.8 Å². The van der Waals surface area contributed by atoms with Gasteiger partial charge in [-0.2, -0.15) is 13.2 Å². The molecule has 0 atom stereocenters. The van der Waals surface area contributed by atoms with E-state index in [2.05, 4.69) is 4.98 Å². The van der Waals surface area contributed by atoms with Crippen LogP contribution in [0.2, 0.25) is 0 Å². The van der Waals surface area contributed by atoms with Gasteiger partial charge in [-0.1, -0.05) is 24.3 Å². The third-order valence-corrected chi connectivity index (χ3v) is 4.19. The van der Waals surface area contributed by atoms with Crippen LogP contribution in [0, 0.1) is 0 Å². The number of alkyl halides is 3. The average molecular weight is 375 g/mol. The highest BCUT2D eigenvalue weighted by molar-refractivity contribution is 5.97. The smallest absolute Gasteiger partial charge is 0.291 e. The molecule has 0 bridgehead atoms. The number of carbonyl (C=O) groups is 1. The van der Waals surface area contributed by atoms with Gasteiger partial charge in [-0.25, -0.2) is 4.98 Å². The summed E-state index contributed by atoms with van der Waals surface area (Å²) in [5, 5.41) is 0. The first-order valence-electron chi connectivity index (χ1n) is 8.46. The lowest BCUT2D eigenvalue weighted by Crippen LogP contribution is -2.45. The first-order chi connectivity index (χ1) is 12.5. The summed E-state index contributed by atoms with van der Waals surface area (Å²) >= 11 is 0. The molecule has 0 aliphatic rings. The van der Waals surface area contributed by atoms with Crippen LogP contribution >= 0.6 is 0 Å². The van der Waals surface area contributed by atoms with Gasteiger partial charge in [0.2, 0.25) is 5.91 Å². The number of anilines is 1. The Morgan fingerprint density at radius 2 is 1.67 bits per heavy atom. The number of rotatable bonds is 2. The Bertz CT molecular complexity index is 1000. The molecule has 2 heterocycles. The summed E-state index contributed by atoms with van der Waals surface area (Å²) in [6.45, 7) is 6.88. The van der Waals surface area contributed by atoms with Gasteiger partial charge in [-0.15, -0.1) is 0 Å². The van der Waals surface area contributed by atoms with Gasteiger partial charge in [0.05, 0.1) is 5.56 Å². The van der Waals surface area contributed by atoms with Gasteiger partial charge < -0.3 is 0 Å². The van der Waals surface area contributed by atoms with Crippen LogP contribution in [0.5, 0.6) is 0 Å². The maximum atomic E-state index is 13.6. The number of benzene rings is 1. The second-order valence-electron chi connectivity index (χ2n) is 7.28. The van der Waals surface area contributed by atoms with E-state index in [0.717, 1.165) is 6.07 Å². The molecule has 0 unspecified atom stereocenters. The molecule has 2 aromatic heterocycles. The predicted molar refractivity (Wildman–Crippen MR) is 98.5 cm³/mol. The van der Waals surface area contributed by atoms with Crippen LogP contribution in [0.25, 0.3) is 16.9 Å². The predicted octanol–water partition coefficient (Wildman–Crippen LogP) is 5.17. The van der Waals surface area contributed by atoms with Gasteiger partial charge in [0.1, 0.15) is 17.2 Å². The molecule has 0 aliphatic carbocycles. The van der Waals surface area contributed by atoms with Crippen LogP contribution in [0.15, 0.2) is 48.7 Å². The molecule has 0 radical (unpaired) electrons. The molecule has 142 valence electrons. The normalized spacial score (nSPS) is 12.4. The fourth-order valence-corrected chi connectivity index (χ4v) is 3.25. The Kier molecular flexibility index (Phi) is 4.49. The molecule has 0 fully saturated rings. The topological polar surface area (TPSA) is 37.6 Å². The van der Waals surface area contributed by atoms with Crippen LogP contribution < -0.4 is 4.90 Å². The van der Waals surface area contributed by atoms with E-state index < -0.39 is 17.3 Å². The Morgan fingerprint density at radius 3 is 2.26 bits per heavy atom. The second kappa shape index (κ2) is 6.40. The van der Waals surface area contributed by atoms with Crippen molar-refractivity contribution in [3.63, 3.8) is 0 Å². The lowest BCUT2D eigenvalue weighted by molar-refractivity contribution is -0.137. The van der Waals surface area contributed by atoms with E-state index >= 15 is 0 Å². The maximum Gasteiger partial charge on any atom is 0.417 e. The molecule has 0 spiro atoms. The van der Waals surface area contributed by atoms with Gasteiger partial charge in [0, 0.05) is 24.2 Å². The van der Waals surface area contributed by atoms with Gasteiger partial charge in [0.25, 0.3) is 0 Å². The van der Waals surface area contributed by atoms with Crippen molar-refractivity contribution >= 4 is 17.4 Å². The number of aromatic nitrogens is 2. The molecular formula is C20H20F3N3O. The van der Waals surface area contributed by atoms with Crippen LogP contribution in [0.1, 0.15) is 33.3 Å². The Balaban J connectivity index is 2.42. The quantitative estimate of drug-likeness (QED) is 0.620. The van der Waals surface area contributed by atoms with Crippen molar-refractivity contribution in [3.05, 3.63) is 54.2 Å². The van der Waals surface area contributed by atoms with E-state index in [1.165, 1.54) is 30.0 Å². The molecule has 3 rings (SSSR count). The van der Waals surface area contributed by atoms with Crippen molar-refractivity contribution in [3.8, 4) is 11.3 Å². The molecule has 7 heteroatoms. The molecule has 4 nitrogen and oxygen atoms in total. The van der Waals surface area contributed by atoms with Crippen molar-refractivity contribution in [2.24, 2.45) is 0 Å². The summed E-state index contributed by atoms with van der Waals surface area (Å²) in [6, 6.07) is 10.5. The third kappa shape index (κ3) is 3.41. The number of imidazole rings is 1. The molecule has 1 amide bonds. The number of fused-ring (bicyclic) bond motifs is 1. The number of halogens is 3. The molecule has 3 aromatic rings. The van der Waals surface area contributed by atoms with E-state index in [1.54, 1.807) is 28.8 Å². The highest BCUT2D eigenvalue weighted by atomic mass is 19.4. The SMILES string of the molecule is CC(=O)N(c1c(-c2ccccc2C(F)(F)F)nc2ccccn12)C(C)(C)C. The number of pyridine rings is 1. The average Bonchev–Trinajstić information content (AvgIpc) is 2.92. The van der Waals surface area contributed by atoms with Crippen LogP contribution in [-0.2, 0) is 11.0 Å². The monoisotopic (exact) mass is 375 g/mol. The van der Waals surface area contributed by atoms with Crippen LogP contribution in [0.3, 0.4) is 0 Å². The minimum atomic E-state index is -4.54. The Labute approximate surface area is 155 Å². The lowest BCUT2D eigenvalue weighted by Gasteiger charge is -2.35. The first-order valence-corrected chi connectivity index (χ1v) is 8.46. The molecule has 27 heavy (non-hydrogen) atoms. The van der Waals surface area contributed by atoms with E-state index in [1.807, 2.05) is 20.8 Å². The van der Waals surface area contributed by atoms with Gasteiger partial charge in [-0.05, 0) is 39.0 Å². The van der Waals surface area contributed by atoms with Crippen molar-refractivity contribution in [1.29, 1.82) is 0 Å². The highest BCUT2D eigenvalue weighted by Crippen LogP contribution is 2.41. The third-order valence-electron chi connectivity index (χ3n) is 4.19. The van der Waals surface area contributed by atoms with Crippen molar-refractivity contribution in [1.82, 2.24) is 9.38 Å².